The standard InChI is InChI=1S/C3BrClF4O/c4-1(10)2(5,6)3(7,8)9. The van der Waals surface area contributed by atoms with Crippen LogP contribution in [0.3, 0.4) is 0 Å². The lowest BCUT2D eigenvalue weighted by Crippen LogP contribution is -2.40. The Labute approximate surface area is 66.5 Å². The van der Waals surface area contributed by atoms with E-state index in [1.54, 1.807) is 15.9 Å². The van der Waals surface area contributed by atoms with Crippen molar-refractivity contribution in [3.05, 3.63) is 0 Å². The molecule has 0 aliphatic carbocycles. The summed E-state index contributed by atoms with van der Waals surface area (Å²) < 4.78 is 44.0. The monoisotopic (exact) mass is 242 g/mol. The third-order valence-electron chi connectivity index (χ3n) is 0.603. The van der Waals surface area contributed by atoms with Crippen LogP contribution < -0.4 is 0 Å². The molecule has 0 spiro atoms. The van der Waals surface area contributed by atoms with Gasteiger partial charge in [-0.25, -0.2) is 4.39 Å². The van der Waals surface area contributed by atoms with Gasteiger partial charge in [-0.15, -0.1) is 0 Å². The number of rotatable bonds is 1. The minimum absolute atomic E-state index is 1.77. The van der Waals surface area contributed by atoms with Crippen molar-refractivity contribution < 1.29 is 22.4 Å². The predicted octanol–water partition coefficient (Wildman–Crippen LogP) is 2.37. The lowest BCUT2D eigenvalue weighted by molar-refractivity contribution is -0.194. The molecule has 0 amide bonds. The molecule has 0 N–H and O–H groups in total. The molecule has 0 aromatic rings. The van der Waals surface area contributed by atoms with Crippen molar-refractivity contribution in [1.29, 1.82) is 0 Å². The van der Waals surface area contributed by atoms with E-state index >= 15 is 0 Å². The second kappa shape index (κ2) is 2.65. The number of halogens is 6. The zero-order valence-electron chi connectivity index (χ0n) is 4.18. The Morgan fingerprint density at radius 3 is 1.60 bits per heavy atom. The molecule has 60 valence electrons. The average Bonchev–Trinajstić information content (AvgIpc) is 1.62. The van der Waals surface area contributed by atoms with E-state index in [1.165, 1.54) is 0 Å². The van der Waals surface area contributed by atoms with Crippen LogP contribution in [0.15, 0.2) is 0 Å². The molecule has 0 saturated carbocycles. The molecule has 1 nitrogen and oxygen atoms in total. The first-order valence-corrected chi connectivity index (χ1v) is 3.01. The van der Waals surface area contributed by atoms with Crippen LogP contribution in [0.1, 0.15) is 0 Å². The summed E-state index contributed by atoms with van der Waals surface area (Å²) in [7, 11) is 0. The summed E-state index contributed by atoms with van der Waals surface area (Å²) in [4.78, 5) is 9.80. The van der Waals surface area contributed by atoms with Gasteiger partial charge in [-0.2, -0.15) is 13.2 Å². The van der Waals surface area contributed by atoms with Crippen LogP contribution in [0, 0.1) is 0 Å². The van der Waals surface area contributed by atoms with Gasteiger partial charge in [0.15, 0.2) is 0 Å². The Morgan fingerprint density at radius 1 is 1.30 bits per heavy atom. The third-order valence-corrected chi connectivity index (χ3v) is 1.76. The smallest absolute Gasteiger partial charge is 0.281 e. The van der Waals surface area contributed by atoms with Crippen LogP contribution in [-0.4, -0.2) is 16.0 Å². The normalized spacial score (nSPS) is 18.2. The highest BCUT2D eigenvalue weighted by Gasteiger charge is 2.59. The highest BCUT2D eigenvalue weighted by atomic mass is 79.9. The molecule has 0 aromatic carbocycles. The van der Waals surface area contributed by atoms with Crippen molar-refractivity contribution in [1.82, 2.24) is 0 Å². The SMILES string of the molecule is O=C(Br)C(F)(Cl)C(F)(F)F. The second-order valence-electron chi connectivity index (χ2n) is 1.35. The lowest BCUT2D eigenvalue weighted by atomic mass is 10.4. The molecule has 0 aromatic heterocycles. The summed E-state index contributed by atoms with van der Waals surface area (Å²) in [5, 5.41) is -4.31. The van der Waals surface area contributed by atoms with E-state index in [9.17, 15) is 22.4 Å². The van der Waals surface area contributed by atoms with Crippen LogP contribution in [0.5, 0.6) is 0 Å². The lowest BCUT2D eigenvalue weighted by Gasteiger charge is -2.15. The number of alkyl halides is 5. The van der Waals surface area contributed by atoms with Gasteiger partial charge in [0.1, 0.15) is 0 Å². The molecule has 0 saturated heterocycles. The van der Waals surface area contributed by atoms with Gasteiger partial charge in [0, 0.05) is 0 Å². The maximum atomic E-state index is 12.0. The van der Waals surface area contributed by atoms with Gasteiger partial charge in [0.2, 0.25) is 0 Å². The maximum Gasteiger partial charge on any atom is 0.445 e. The third kappa shape index (κ3) is 1.82. The van der Waals surface area contributed by atoms with Crippen molar-refractivity contribution in [3.63, 3.8) is 0 Å². The molecule has 0 bridgehead atoms. The number of carbonyl (C=O) groups excluding carboxylic acids is 1. The Kier molecular flexibility index (Phi) is 2.70. The number of hydrogen-bond donors (Lipinski definition) is 0. The first-order valence-electron chi connectivity index (χ1n) is 1.84. The first kappa shape index (κ1) is 10.2. The van der Waals surface area contributed by atoms with Gasteiger partial charge in [-0.05, 0) is 15.9 Å². The van der Waals surface area contributed by atoms with Gasteiger partial charge in [0.05, 0.1) is 0 Å². The molecule has 1 unspecified atom stereocenters. The van der Waals surface area contributed by atoms with Crippen molar-refractivity contribution in [2.24, 2.45) is 0 Å². The summed E-state index contributed by atoms with van der Waals surface area (Å²) in [6, 6.07) is 0. The van der Waals surface area contributed by atoms with Gasteiger partial charge in [-0.3, -0.25) is 4.79 Å². The molecule has 0 aliphatic rings. The van der Waals surface area contributed by atoms with Crippen LogP contribution in [-0.2, 0) is 4.79 Å². The molecule has 0 heterocycles. The fourth-order valence-corrected chi connectivity index (χ4v) is 0.336. The molecular weight excluding hydrogens is 243 g/mol. The molecular formula is C3BrClF4O. The van der Waals surface area contributed by atoms with E-state index in [4.69, 9.17) is 0 Å². The van der Waals surface area contributed by atoms with Crippen molar-refractivity contribution in [2.75, 3.05) is 0 Å². The summed E-state index contributed by atoms with van der Waals surface area (Å²) >= 11 is 5.92. The van der Waals surface area contributed by atoms with Crippen molar-refractivity contribution in [2.45, 2.75) is 11.3 Å². The van der Waals surface area contributed by atoms with E-state index in [0.717, 1.165) is 0 Å². The summed E-state index contributed by atoms with van der Waals surface area (Å²) in [6.07, 6.45) is -5.38. The largest absolute Gasteiger partial charge is 0.445 e. The van der Waals surface area contributed by atoms with E-state index in [1.807, 2.05) is 0 Å². The Hall–Kier alpha value is 0.160. The summed E-state index contributed by atoms with van der Waals surface area (Å²) in [6.45, 7) is 0. The fraction of sp³-hybridized carbons (Fsp3) is 0.667. The van der Waals surface area contributed by atoms with Gasteiger partial charge in [0.25, 0.3) is 4.69 Å². The molecule has 0 rings (SSSR count). The van der Waals surface area contributed by atoms with E-state index in [2.05, 4.69) is 11.6 Å². The van der Waals surface area contributed by atoms with Crippen molar-refractivity contribution in [3.8, 4) is 0 Å². The first-order chi connectivity index (χ1) is 4.19. The molecule has 0 fully saturated rings. The van der Waals surface area contributed by atoms with E-state index < -0.39 is 16.0 Å². The second-order valence-corrected chi connectivity index (χ2v) is 2.59. The molecule has 0 radical (unpaired) electrons. The highest BCUT2D eigenvalue weighted by molar-refractivity contribution is 9.18. The minimum atomic E-state index is -5.38. The molecule has 7 heteroatoms. The molecule has 0 aliphatic heterocycles. The van der Waals surface area contributed by atoms with Crippen molar-refractivity contribution >= 4 is 32.2 Å². The zero-order chi connectivity index (χ0) is 8.58. The Balaban J connectivity index is 4.57. The highest BCUT2D eigenvalue weighted by Crippen LogP contribution is 2.39. The van der Waals surface area contributed by atoms with E-state index in [-0.39, 0.29) is 0 Å². The quantitative estimate of drug-likeness (QED) is 0.392. The maximum absolute atomic E-state index is 12.0. The molecule has 10 heavy (non-hydrogen) atoms. The average molecular weight is 243 g/mol. The van der Waals surface area contributed by atoms with Gasteiger partial charge in [-0.1, -0.05) is 11.6 Å². The zero-order valence-corrected chi connectivity index (χ0v) is 6.52. The summed E-state index contributed by atoms with van der Waals surface area (Å²) in [5.41, 5.74) is 0. The van der Waals surface area contributed by atoms with Gasteiger partial charge < -0.3 is 0 Å². The molecule has 1 atom stereocenters. The predicted molar refractivity (Wildman–Crippen MR) is 29.7 cm³/mol. The van der Waals surface area contributed by atoms with Crippen LogP contribution in [0.4, 0.5) is 17.6 Å². The van der Waals surface area contributed by atoms with E-state index in [0.29, 0.717) is 0 Å². The minimum Gasteiger partial charge on any atom is -0.281 e. The summed E-state index contributed by atoms with van der Waals surface area (Å²) in [5.74, 6) is 0. The number of carbonyl (C=O) groups is 1. The Bertz CT molecular complexity index is 153. The fourth-order valence-electron chi connectivity index (χ4n) is 0.111. The Morgan fingerprint density at radius 2 is 1.60 bits per heavy atom. The van der Waals surface area contributed by atoms with Crippen LogP contribution in [0.2, 0.25) is 0 Å². The van der Waals surface area contributed by atoms with Gasteiger partial charge >= 0.3 is 11.3 Å². The topological polar surface area (TPSA) is 17.1 Å². The number of hydrogen-bond acceptors (Lipinski definition) is 1. The van der Waals surface area contributed by atoms with Crippen LogP contribution >= 0.6 is 27.5 Å². The van der Waals surface area contributed by atoms with Crippen LogP contribution in [0.25, 0.3) is 0 Å².